The SMILES string of the molecule is Cc1c(Cl)ccc2sc(N3CCN(C(=O)CS(=O)(=O)c4ccccc4)CC3)nc12. The monoisotopic (exact) mass is 449 g/mol. The Morgan fingerprint density at radius 3 is 2.48 bits per heavy atom. The van der Waals surface area contributed by atoms with Crippen molar-refractivity contribution in [1.82, 2.24) is 9.88 Å². The van der Waals surface area contributed by atoms with Gasteiger partial charge in [-0.3, -0.25) is 4.79 Å². The summed E-state index contributed by atoms with van der Waals surface area (Å²) in [4.78, 5) is 21.2. The lowest BCUT2D eigenvalue weighted by molar-refractivity contribution is -0.128. The summed E-state index contributed by atoms with van der Waals surface area (Å²) in [5.74, 6) is -0.865. The molecular formula is C20H20ClN3O3S2. The van der Waals surface area contributed by atoms with Crippen LogP contribution in [0.3, 0.4) is 0 Å². The standard InChI is InChI=1S/C20H20ClN3O3S2/c1-14-16(21)7-8-17-19(14)22-20(28-17)24-11-9-23(10-12-24)18(25)13-29(26,27)15-5-3-2-4-6-15/h2-8H,9-13H2,1H3. The van der Waals surface area contributed by atoms with E-state index in [0.717, 1.165) is 20.9 Å². The van der Waals surface area contributed by atoms with Crippen LogP contribution < -0.4 is 4.90 Å². The first-order valence-corrected chi connectivity index (χ1v) is 12.1. The number of thiazole rings is 1. The fraction of sp³-hybridized carbons (Fsp3) is 0.300. The van der Waals surface area contributed by atoms with E-state index < -0.39 is 15.6 Å². The fourth-order valence-electron chi connectivity index (χ4n) is 3.34. The molecule has 0 atom stereocenters. The highest BCUT2D eigenvalue weighted by Gasteiger charge is 2.27. The minimum atomic E-state index is -3.63. The molecule has 1 aliphatic heterocycles. The number of hydrogen-bond donors (Lipinski definition) is 0. The van der Waals surface area contributed by atoms with Crippen LogP contribution in [0, 0.1) is 6.92 Å². The van der Waals surface area contributed by atoms with Gasteiger partial charge >= 0.3 is 0 Å². The molecule has 0 spiro atoms. The first kappa shape index (κ1) is 20.1. The molecule has 152 valence electrons. The van der Waals surface area contributed by atoms with Gasteiger partial charge in [0, 0.05) is 31.2 Å². The minimum Gasteiger partial charge on any atom is -0.345 e. The minimum absolute atomic E-state index is 0.176. The molecule has 6 nitrogen and oxygen atoms in total. The van der Waals surface area contributed by atoms with Crippen molar-refractivity contribution in [3.05, 3.63) is 53.1 Å². The summed E-state index contributed by atoms with van der Waals surface area (Å²) in [6.45, 7) is 4.13. The number of anilines is 1. The van der Waals surface area contributed by atoms with E-state index in [4.69, 9.17) is 16.6 Å². The maximum absolute atomic E-state index is 12.6. The molecule has 0 N–H and O–H groups in total. The molecule has 2 heterocycles. The average Bonchev–Trinajstić information content (AvgIpc) is 3.16. The molecular weight excluding hydrogens is 430 g/mol. The Balaban J connectivity index is 1.42. The van der Waals surface area contributed by atoms with Gasteiger partial charge in [0.15, 0.2) is 15.0 Å². The van der Waals surface area contributed by atoms with E-state index in [2.05, 4.69) is 4.90 Å². The topological polar surface area (TPSA) is 70.6 Å². The average molecular weight is 450 g/mol. The second-order valence-corrected chi connectivity index (χ2v) is 10.4. The fourth-order valence-corrected chi connectivity index (χ4v) is 5.81. The molecule has 4 rings (SSSR count). The van der Waals surface area contributed by atoms with Gasteiger partial charge in [-0.1, -0.05) is 41.1 Å². The lowest BCUT2D eigenvalue weighted by Gasteiger charge is -2.34. The predicted octanol–water partition coefficient (Wildman–Crippen LogP) is 3.38. The highest BCUT2D eigenvalue weighted by Crippen LogP contribution is 2.33. The Bertz CT molecular complexity index is 1150. The molecule has 2 aromatic carbocycles. The van der Waals surface area contributed by atoms with Crippen LogP contribution in [0.25, 0.3) is 10.2 Å². The molecule has 0 bridgehead atoms. The molecule has 0 aliphatic carbocycles. The first-order valence-electron chi connectivity index (χ1n) is 9.21. The van der Waals surface area contributed by atoms with Crippen molar-refractivity contribution in [1.29, 1.82) is 0 Å². The van der Waals surface area contributed by atoms with Crippen LogP contribution in [0.5, 0.6) is 0 Å². The van der Waals surface area contributed by atoms with E-state index in [0.29, 0.717) is 31.2 Å². The normalized spacial score (nSPS) is 15.1. The third kappa shape index (κ3) is 4.10. The van der Waals surface area contributed by atoms with Gasteiger partial charge < -0.3 is 9.80 Å². The summed E-state index contributed by atoms with van der Waals surface area (Å²) in [6.07, 6.45) is 0. The smallest absolute Gasteiger partial charge is 0.238 e. The second-order valence-electron chi connectivity index (χ2n) is 6.96. The van der Waals surface area contributed by atoms with Crippen LogP contribution in [-0.4, -0.2) is 56.1 Å². The molecule has 0 unspecified atom stereocenters. The highest BCUT2D eigenvalue weighted by molar-refractivity contribution is 7.92. The van der Waals surface area contributed by atoms with Gasteiger partial charge in [0.25, 0.3) is 0 Å². The van der Waals surface area contributed by atoms with Crippen molar-refractivity contribution in [2.24, 2.45) is 0 Å². The number of nitrogens with zero attached hydrogens (tertiary/aromatic N) is 3. The van der Waals surface area contributed by atoms with Crippen LogP contribution in [0.1, 0.15) is 5.56 Å². The number of halogens is 1. The quantitative estimate of drug-likeness (QED) is 0.610. The predicted molar refractivity (Wildman–Crippen MR) is 117 cm³/mol. The number of sulfone groups is 1. The second kappa shape index (κ2) is 7.93. The zero-order chi connectivity index (χ0) is 20.6. The van der Waals surface area contributed by atoms with Crippen LogP contribution >= 0.6 is 22.9 Å². The van der Waals surface area contributed by atoms with Gasteiger partial charge in [-0.25, -0.2) is 13.4 Å². The van der Waals surface area contributed by atoms with Crippen LogP contribution in [0.2, 0.25) is 5.02 Å². The van der Waals surface area contributed by atoms with E-state index in [1.54, 1.807) is 34.4 Å². The maximum Gasteiger partial charge on any atom is 0.238 e. The lowest BCUT2D eigenvalue weighted by atomic mass is 10.2. The molecule has 3 aromatic rings. The summed E-state index contributed by atoms with van der Waals surface area (Å²) in [7, 11) is -3.63. The third-order valence-electron chi connectivity index (χ3n) is 5.06. The van der Waals surface area contributed by atoms with Crippen molar-refractivity contribution < 1.29 is 13.2 Å². The number of fused-ring (bicyclic) bond motifs is 1. The number of carbonyl (C=O) groups excluding carboxylic acids is 1. The van der Waals surface area contributed by atoms with Gasteiger partial charge in [0.05, 0.1) is 15.1 Å². The number of amides is 1. The van der Waals surface area contributed by atoms with Crippen LogP contribution in [0.4, 0.5) is 5.13 Å². The number of aryl methyl sites for hydroxylation is 1. The third-order valence-corrected chi connectivity index (χ3v) is 8.16. The summed E-state index contributed by atoms with van der Waals surface area (Å²) in [6, 6.07) is 11.9. The number of piperazine rings is 1. The maximum atomic E-state index is 12.6. The molecule has 1 amide bonds. The summed E-state index contributed by atoms with van der Waals surface area (Å²) < 4.78 is 26.0. The molecule has 0 radical (unpaired) electrons. The lowest BCUT2D eigenvalue weighted by Crippen LogP contribution is -2.50. The van der Waals surface area contributed by atoms with Crippen LogP contribution in [-0.2, 0) is 14.6 Å². The Morgan fingerprint density at radius 1 is 1.10 bits per heavy atom. The molecule has 0 saturated carbocycles. The van der Waals surface area contributed by atoms with Gasteiger partial charge in [-0.15, -0.1) is 0 Å². The number of rotatable bonds is 4. The van der Waals surface area contributed by atoms with Crippen molar-refractivity contribution >= 4 is 54.0 Å². The van der Waals surface area contributed by atoms with E-state index >= 15 is 0 Å². The zero-order valence-electron chi connectivity index (χ0n) is 15.8. The zero-order valence-corrected chi connectivity index (χ0v) is 18.2. The van der Waals surface area contributed by atoms with E-state index in [1.807, 2.05) is 19.1 Å². The number of hydrogen-bond acceptors (Lipinski definition) is 6. The van der Waals surface area contributed by atoms with E-state index in [9.17, 15) is 13.2 Å². The Hall–Kier alpha value is -2.16. The Morgan fingerprint density at radius 2 is 1.79 bits per heavy atom. The van der Waals surface area contributed by atoms with Crippen molar-refractivity contribution in [2.45, 2.75) is 11.8 Å². The van der Waals surface area contributed by atoms with Crippen molar-refractivity contribution in [3.63, 3.8) is 0 Å². The molecule has 1 saturated heterocycles. The molecule has 1 fully saturated rings. The van der Waals surface area contributed by atoms with Gasteiger partial charge in [0.1, 0.15) is 5.75 Å². The summed E-state index contributed by atoms with van der Waals surface area (Å²) in [5, 5.41) is 1.60. The first-order chi connectivity index (χ1) is 13.8. The van der Waals surface area contributed by atoms with E-state index in [1.165, 1.54) is 12.1 Å². The van der Waals surface area contributed by atoms with E-state index in [-0.39, 0.29) is 10.8 Å². The Labute approximate surface area is 178 Å². The summed E-state index contributed by atoms with van der Waals surface area (Å²) >= 11 is 7.79. The number of benzene rings is 2. The van der Waals surface area contributed by atoms with Gasteiger partial charge in [-0.2, -0.15) is 0 Å². The van der Waals surface area contributed by atoms with Crippen molar-refractivity contribution in [3.8, 4) is 0 Å². The van der Waals surface area contributed by atoms with Crippen LogP contribution in [0.15, 0.2) is 47.4 Å². The van der Waals surface area contributed by atoms with Crippen molar-refractivity contribution in [2.75, 3.05) is 36.8 Å². The molecule has 29 heavy (non-hydrogen) atoms. The Kier molecular flexibility index (Phi) is 5.50. The molecule has 1 aliphatic rings. The number of aromatic nitrogens is 1. The van der Waals surface area contributed by atoms with Gasteiger partial charge in [0.2, 0.25) is 5.91 Å². The van der Waals surface area contributed by atoms with Gasteiger partial charge in [-0.05, 0) is 36.8 Å². The molecule has 1 aromatic heterocycles. The largest absolute Gasteiger partial charge is 0.345 e. The molecule has 9 heteroatoms. The highest BCUT2D eigenvalue weighted by atomic mass is 35.5. The summed E-state index contributed by atoms with van der Waals surface area (Å²) in [5.41, 5.74) is 1.87. The number of carbonyl (C=O) groups is 1.